The second-order valence-electron chi connectivity index (χ2n) is 7.81. The molecule has 0 N–H and O–H groups in total. The first kappa shape index (κ1) is 18.5. The van der Waals surface area contributed by atoms with Crippen LogP contribution in [0.2, 0.25) is 0 Å². The maximum atomic E-state index is 2.41. The highest BCUT2D eigenvalue weighted by atomic mass is 14.3. The van der Waals surface area contributed by atoms with Gasteiger partial charge in [-0.05, 0) is 54.7 Å². The van der Waals surface area contributed by atoms with Crippen LogP contribution in [0.25, 0.3) is 0 Å². The van der Waals surface area contributed by atoms with Crippen molar-refractivity contribution in [1.82, 2.24) is 0 Å². The standard InChI is InChI=1S/C26H30/c1-19-13-15-24(16-14-19)22(4)26(25-11-6-5-7-12-25)21(3)18-23-10-8-9-20(2)17-23/h5-17,21-22,26H,18H2,1-4H3. The molecule has 3 rings (SSSR count). The Morgan fingerprint density at radius 3 is 2.00 bits per heavy atom. The van der Waals surface area contributed by atoms with E-state index < -0.39 is 0 Å². The minimum Gasteiger partial charge on any atom is -0.0622 e. The fraction of sp³-hybridized carbons (Fsp3) is 0.308. The molecule has 3 aromatic carbocycles. The largest absolute Gasteiger partial charge is 0.0622 e. The molecular weight excluding hydrogens is 312 g/mol. The van der Waals surface area contributed by atoms with Crippen LogP contribution < -0.4 is 0 Å². The molecule has 0 saturated heterocycles. The molecule has 26 heavy (non-hydrogen) atoms. The van der Waals surface area contributed by atoms with Gasteiger partial charge in [0.1, 0.15) is 0 Å². The van der Waals surface area contributed by atoms with Crippen molar-refractivity contribution in [2.75, 3.05) is 0 Å². The Kier molecular flexibility index (Phi) is 5.93. The van der Waals surface area contributed by atoms with Crippen LogP contribution in [0.3, 0.4) is 0 Å². The van der Waals surface area contributed by atoms with Gasteiger partial charge in [-0.15, -0.1) is 0 Å². The molecule has 134 valence electrons. The number of hydrogen-bond acceptors (Lipinski definition) is 0. The summed E-state index contributed by atoms with van der Waals surface area (Å²) in [7, 11) is 0. The van der Waals surface area contributed by atoms with Crippen LogP contribution in [0.15, 0.2) is 78.9 Å². The Bertz CT molecular complexity index is 814. The first-order chi connectivity index (χ1) is 12.5. The molecule has 0 fully saturated rings. The first-order valence-electron chi connectivity index (χ1n) is 9.71. The van der Waals surface area contributed by atoms with Gasteiger partial charge in [-0.3, -0.25) is 0 Å². The quantitative estimate of drug-likeness (QED) is 0.449. The van der Waals surface area contributed by atoms with E-state index in [1.165, 1.54) is 27.8 Å². The van der Waals surface area contributed by atoms with Crippen LogP contribution in [0, 0.1) is 19.8 Å². The van der Waals surface area contributed by atoms with Gasteiger partial charge in [-0.2, -0.15) is 0 Å². The fourth-order valence-electron chi connectivity index (χ4n) is 4.20. The molecule has 0 aliphatic heterocycles. The third-order valence-electron chi connectivity index (χ3n) is 5.58. The molecule has 0 heterocycles. The smallest absolute Gasteiger partial charge is 0.00669 e. The lowest BCUT2D eigenvalue weighted by Crippen LogP contribution is -2.19. The summed E-state index contributed by atoms with van der Waals surface area (Å²) in [5.41, 5.74) is 6.98. The van der Waals surface area contributed by atoms with Gasteiger partial charge in [0.25, 0.3) is 0 Å². The summed E-state index contributed by atoms with van der Waals surface area (Å²) in [5.74, 6) is 1.55. The summed E-state index contributed by atoms with van der Waals surface area (Å²) >= 11 is 0. The Hall–Kier alpha value is -2.34. The maximum Gasteiger partial charge on any atom is -0.00669 e. The van der Waals surface area contributed by atoms with Gasteiger partial charge in [0, 0.05) is 0 Å². The molecule has 0 bridgehead atoms. The third kappa shape index (κ3) is 4.43. The van der Waals surface area contributed by atoms with E-state index in [1.807, 2.05) is 0 Å². The Morgan fingerprint density at radius 1 is 0.654 bits per heavy atom. The predicted molar refractivity (Wildman–Crippen MR) is 113 cm³/mol. The highest BCUT2D eigenvalue weighted by molar-refractivity contribution is 5.31. The number of benzene rings is 3. The molecule has 3 aromatic rings. The lowest BCUT2D eigenvalue weighted by molar-refractivity contribution is 0.405. The first-order valence-corrected chi connectivity index (χ1v) is 9.71. The zero-order chi connectivity index (χ0) is 18.5. The molecule has 0 amide bonds. The van der Waals surface area contributed by atoms with E-state index in [0.29, 0.717) is 17.8 Å². The topological polar surface area (TPSA) is 0 Å². The van der Waals surface area contributed by atoms with Gasteiger partial charge >= 0.3 is 0 Å². The van der Waals surface area contributed by atoms with Crippen molar-refractivity contribution in [3.05, 3.63) is 107 Å². The second kappa shape index (κ2) is 8.36. The molecule has 0 saturated carbocycles. The van der Waals surface area contributed by atoms with Crippen molar-refractivity contribution >= 4 is 0 Å². The van der Waals surface area contributed by atoms with E-state index in [9.17, 15) is 0 Å². The average molecular weight is 343 g/mol. The molecule has 0 nitrogen and oxygen atoms in total. The van der Waals surface area contributed by atoms with Crippen LogP contribution in [0.4, 0.5) is 0 Å². The molecule has 0 heteroatoms. The van der Waals surface area contributed by atoms with Crippen molar-refractivity contribution < 1.29 is 0 Å². The molecule has 0 spiro atoms. The van der Waals surface area contributed by atoms with E-state index in [0.717, 1.165) is 6.42 Å². The zero-order valence-corrected chi connectivity index (χ0v) is 16.4. The summed E-state index contributed by atoms with van der Waals surface area (Å²) in [6.45, 7) is 9.13. The van der Waals surface area contributed by atoms with Crippen molar-refractivity contribution in [1.29, 1.82) is 0 Å². The SMILES string of the molecule is Cc1ccc(C(C)C(c2ccccc2)C(C)Cc2cccc(C)c2)cc1. The minimum absolute atomic E-state index is 0.484. The lowest BCUT2D eigenvalue weighted by atomic mass is 9.73. The predicted octanol–water partition coefficient (Wildman–Crippen LogP) is 7.07. The summed E-state index contributed by atoms with van der Waals surface area (Å²) in [6, 6.07) is 29.1. The highest BCUT2D eigenvalue weighted by Crippen LogP contribution is 2.39. The number of rotatable bonds is 6. The summed E-state index contributed by atoms with van der Waals surface area (Å²) in [4.78, 5) is 0. The molecule has 0 aromatic heterocycles. The summed E-state index contributed by atoms with van der Waals surface area (Å²) in [5, 5.41) is 0. The third-order valence-corrected chi connectivity index (χ3v) is 5.58. The molecule has 0 aliphatic carbocycles. The van der Waals surface area contributed by atoms with E-state index in [-0.39, 0.29) is 0 Å². The van der Waals surface area contributed by atoms with Gasteiger partial charge < -0.3 is 0 Å². The average Bonchev–Trinajstić information content (AvgIpc) is 2.63. The van der Waals surface area contributed by atoms with Gasteiger partial charge in [0.05, 0.1) is 0 Å². The molecule has 0 aliphatic rings. The minimum atomic E-state index is 0.484. The van der Waals surface area contributed by atoms with Crippen LogP contribution in [-0.4, -0.2) is 0 Å². The Morgan fingerprint density at radius 2 is 1.35 bits per heavy atom. The maximum absolute atomic E-state index is 2.41. The molecular formula is C26H30. The van der Waals surface area contributed by atoms with Crippen LogP contribution in [0.1, 0.15) is 53.5 Å². The van der Waals surface area contributed by atoms with Crippen molar-refractivity contribution in [2.45, 2.75) is 46.0 Å². The van der Waals surface area contributed by atoms with Gasteiger partial charge in [0.15, 0.2) is 0 Å². The van der Waals surface area contributed by atoms with E-state index in [2.05, 4.69) is 107 Å². The van der Waals surface area contributed by atoms with Gasteiger partial charge in [-0.25, -0.2) is 0 Å². The van der Waals surface area contributed by atoms with Crippen LogP contribution >= 0.6 is 0 Å². The highest BCUT2D eigenvalue weighted by Gasteiger charge is 2.26. The summed E-state index contributed by atoms with van der Waals surface area (Å²) < 4.78 is 0. The normalized spacial score (nSPS) is 14.6. The van der Waals surface area contributed by atoms with E-state index in [1.54, 1.807) is 0 Å². The number of aryl methyl sites for hydroxylation is 2. The van der Waals surface area contributed by atoms with E-state index in [4.69, 9.17) is 0 Å². The van der Waals surface area contributed by atoms with Crippen molar-refractivity contribution in [2.24, 2.45) is 5.92 Å². The van der Waals surface area contributed by atoms with Crippen LogP contribution in [0.5, 0.6) is 0 Å². The molecule has 0 radical (unpaired) electrons. The molecule has 3 atom stereocenters. The summed E-state index contributed by atoms with van der Waals surface area (Å²) in [6.07, 6.45) is 1.11. The van der Waals surface area contributed by atoms with E-state index >= 15 is 0 Å². The van der Waals surface area contributed by atoms with Crippen molar-refractivity contribution in [3.8, 4) is 0 Å². The number of hydrogen-bond donors (Lipinski definition) is 0. The molecule has 3 unspecified atom stereocenters. The monoisotopic (exact) mass is 342 g/mol. The van der Waals surface area contributed by atoms with Crippen LogP contribution in [-0.2, 0) is 6.42 Å². The van der Waals surface area contributed by atoms with Crippen molar-refractivity contribution in [3.63, 3.8) is 0 Å². The second-order valence-corrected chi connectivity index (χ2v) is 7.81. The Balaban J connectivity index is 1.91. The lowest BCUT2D eigenvalue weighted by Gasteiger charge is -2.31. The van der Waals surface area contributed by atoms with Gasteiger partial charge in [-0.1, -0.05) is 104 Å². The zero-order valence-electron chi connectivity index (χ0n) is 16.4. The fourth-order valence-corrected chi connectivity index (χ4v) is 4.20. The van der Waals surface area contributed by atoms with Gasteiger partial charge in [0.2, 0.25) is 0 Å². The Labute approximate surface area is 158 Å².